The third kappa shape index (κ3) is 4.69. The number of hydrogen-bond acceptors (Lipinski definition) is 2. The second kappa shape index (κ2) is 8.38. The Kier molecular flexibility index (Phi) is 5.64. The summed E-state index contributed by atoms with van der Waals surface area (Å²) in [5, 5.41) is 3.03. The normalized spacial score (nSPS) is 11.6. The van der Waals surface area contributed by atoms with Crippen LogP contribution in [-0.4, -0.2) is 15.5 Å². The fraction of sp³-hybridized carbons (Fsp3) is 0.259. The lowest BCUT2D eigenvalue weighted by atomic mass is 9.87. The predicted octanol–water partition coefficient (Wildman–Crippen LogP) is 5.62. The third-order valence-corrected chi connectivity index (χ3v) is 5.62. The summed E-state index contributed by atoms with van der Waals surface area (Å²) in [6.07, 6.45) is 0. The van der Waals surface area contributed by atoms with Crippen LogP contribution in [-0.2, 0) is 18.5 Å². The van der Waals surface area contributed by atoms with Crippen molar-refractivity contribution in [1.29, 1.82) is 0 Å². The number of benzene rings is 3. The zero-order valence-electron chi connectivity index (χ0n) is 18.6. The number of imidazole rings is 1. The Morgan fingerprint density at radius 2 is 1.61 bits per heavy atom. The first kappa shape index (κ1) is 20.9. The fourth-order valence-corrected chi connectivity index (χ4v) is 3.70. The first-order valence-corrected chi connectivity index (χ1v) is 10.7. The van der Waals surface area contributed by atoms with Gasteiger partial charge in [0.25, 0.3) is 5.91 Å². The van der Waals surface area contributed by atoms with Gasteiger partial charge in [-0.2, -0.15) is 0 Å². The molecule has 0 saturated carbocycles. The van der Waals surface area contributed by atoms with Gasteiger partial charge in [0.2, 0.25) is 0 Å². The highest BCUT2D eigenvalue weighted by molar-refractivity contribution is 5.94. The van der Waals surface area contributed by atoms with E-state index < -0.39 is 0 Å². The Morgan fingerprint density at radius 3 is 2.29 bits per heavy atom. The number of nitrogens with zero attached hydrogens (tertiary/aromatic N) is 2. The maximum atomic E-state index is 12.6. The summed E-state index contributed by atoms with van der Waals surface area (Å²) < 4.78 is 2.19. The zero-order chi connectivity index (χ0) is 22.0. The molecular weight excluding hydrogens is 382 g/mol. The van der Waals surface area contributed by atoms with Crippen molar-refractivity contribution in [2.75, 3.05) is 0 Å². The molecule has 0 aliphatic rings. The second-order valence-electron chi connectivity index (χ2n) is 9.10. The van der Waals surface area contributed by atoms with Gasteiger partial charge in [-0.3, -0.25) is 4.79 Å². The second-order valence-corrected chi connectivity index (χ2v) is 9.10. The minimum absolute atomic E-state index is 0.0897. The zero-order valence-corrected chi connectivity index (χ0v) is 18.6. The van der Waals surface area contributed by atoms with Crippen molar-refractivity contribution >= 4 is 16.9 Å². The average molecular weight is 412 g/mol. The van der Waals surface area contributed by atoms with Gasteiger partial charge in [0.15, 0.2) is 0 Å². The minimum atomic E-state index is -0.0897. The summed E-state index contributed by atoms with van der Waals surface area (Å²) in [4.78, 5) is 17.4. The fourth-order valence-electron chi connectivity index (χ4n) is 3.70. The predicted molar refractivity (Wildman–Crippen MR) is 126 cm³/mol. The number of fused-ring (bicyclic) bond motifs is 1. The lowest BCUT2D eigenvalue weighted by Gasteiger charge is -2.19. The lowest BCUT2D eigenvalue weighted by Crippen LogP contribution is -2.24. The number of aryl methyl sites for hydroxylation is 1. The molecule has 0 aliphatic carbocycles. The lowest BCUT2D eigenvalue weighted by molar-refractivity contribution is 0.0949. The topological polar surface area (TPSA) is 46.9 Å². The molecule has 31 heavy (non-hydrogen) atoms. The number of para-hydroxylation sites is 2. The van der Waals surface area contributed by atoms with Crippen LogP contribution >= 0.6 is 0 Å². The summed E-state index contributed by atoms with van der Waals surface area (Å²) in [6.45, 7) is 9.76. The molecule has 1 N–H and O–H groups in total. The van der Waals surface area contributed by atoms with Gasteiger partial charge in [0.05, 0.1) is 17.6 Å². The van der Waals surface area contributed by atoms with Gasteiger partial charge < -0.3 is 9.88 Å². The summed E-state index contributed by atoms with van der Waals surface area (Å²) in [6, 6.07) is 24.5. The molecule has 1 amide bonds. The molecule has 4 rings (SSSR count). The highest BCUT2D eigenvalue weighted by atomic mass is 16.1. The molecule has 4 aromatic rings. The average Bonchev–Trinajstić information content (AvgIpc) is 3.10. The highest BCUT2D eigenvalue weighted by Gasteiger charge is 2.15. The van der Waals surface area contributed by atoms with Crippen molar-refractivity contribution in [2.45, 2.75) is 46.2 Å². The van der Waals surface area contributed by atoms with E-state index in [1.54, 1.807) is 0 Å². The van der Waals surface area contributed by atoms with Gasteiger partial charge in [-0.25, -0.2) is 4.98 Å². The van der Waals surface area contributed by atoms with E-state index in [0.29, 0.717) is 18.7 Å². The van der Waals surface area contributed by atoms with E-state index >= 15 is 0 Å². The van der Waals surface area contributed by atoms with E-state index in [1.807, 2.05) is 49.4 Å². The summed E-state index contributed by atoms with van der Waals surface area (Å²) >= 11 is 0. The molecule has 3 aromatic carbocycles. The molecular formula is C27H29N3O. The van der Waals surface area contributed by atoms with Crippen molar-refractivity contribution < 1.29 is 4.79 Å². The van der Waals surface area contributed by atoms with Crippen LogP contribution in [0.1, 0.15) is 53.6 Å². The largest absolute Gasteiger partial charge is 0.345 e. The number of nitrogens with one attached hydrogen (secondary N) is 1. The van der Waals surface area contributed by atoms with Crippen molar-refractivity contribution in [3.8, 4) is 0 Å². The van der Waals surface area contributed by atoms with E-state index in [2.05, 4.69) is 61.0 Å². The molecule has 1 heterocycles. The Bertz CT molecular complexity index is 1200. The monoisotopic (exact) mass is 411 g/mol. The first-order chi connectivity index (χ1) is 14.8. The van der Waals surface area contributed by atoms with E-state index in [-0.39, 0.29) is 11.3 Å². The molecule has 0 fully saturated rings. The van der Waals surface area contributed by atoms with Crippen LogP contribution in [0.4, 0.5) is 0 Å². The maximum absolute atomic E-state index is 12.6. The summed E-state index contributed by atoms with van der Waals surface area (Å²) in [5.74, 6) is 0.759. The van der Waals surface area contributed by atoms with Gasteiger partial charge >= 0.3 is 0 Å². The molecule has 0 spiro atoms. The van der Waals surface area contributed by atoms with Crippen molar-refractivity contribution in [3.05, 3.63) is 101 Å². The molecule has 158 valence electrons. The van der Waals surface area contributed by atoms with Crippen LogP contribution in [0.5, 0.6) is 0 Å². The molecule has 1 aromatic heterocycles. The van der Waals surface area contributed by atoms with Gasteiger partial charge in [0, 0.05) is 12.1 Å². The number of carbonyl (C=O) groups is 1. The van der Waals surface area contributed by atoms with Crippen LogP contribution in [0.2, 0.25) is 0 Å². The first-order valence-electron chi connectivity index (χ1n) is 10.7. The Morgan fingerprint density at radius 1 is 0.935 bits per heavy atom. The number of amides is 1. The standard InChI is InChI=1S/C27H29N3O/c1-19-9-13-21(14-10-19)26(31)28-17-25-29-23-7-5-6-8-24(23)30(25)18-20-11-15-22(16-12-20)27(2,3)4/h5-16H,17-18H2,1-4H3,(H,28,31). The molecule has 4 nitrogen and oxygen atoms in total. The summed E-state index contributed by atoms with van der Waals surface area (Å²) in [5.41, 5.74) is 6.46. The van der Waals surface area contributed by atoms with Gasteiger partial charge in [-0.1, -0.05) is 74.9 Å². The smallest absolute Gasteiger partial charge is 0.251 e. The number of aromatic nitrogens is 2. The Balaban J connectivity index is 1.58. The molecule has 4 heteroatoms. The highest BCUT2D eigenvalue weighted by Crippen LogP contribution is 2.23. The van der Waals surface area contributed by atoms with Crippen LogP contribution in [0.15, 0.2) is 72.8 Å². The van der Waals surface area contributed by atoms with Crippen molar-refractivity contribution in [3.63, 3.8) is 0 Å². The Labute approximate surface area is 183 Å². The Hall–Kier alpha value is -3.40. The number of rotatable bonds is 5. The van der Waals surface area contributed by atoms with Crippen LogP contribution in [0.25, 0.3) is 11.0 Å². The van der Waals surface area contributed by atoms with Gasteiger partial charge in [-0.05, 0) is 47.7 Å². The summed E-state index contributed by atoms with van der Waals surface area (Å²) in [7, 11) is 0. The van der Waals surface area contributed by atoms with Crippen molar-refractivity contribution in [2.24, 2.45) is 0 Å². The molecule has 0 unspecified atom stereocenters. The molecule has 0 atom stereocenters. The van der Waals surface area contributed by atoms with Crippen molar-refractivity contribution in [1.82, 2.24) is 14.9 Å². The van der Waals surface area contributed by atoms with Gasteiger partial charge in [-0.15, -0.1) is 0 Å². The van der Waals surface area contributed by atoms with Crippen LogP contribution < -0.4 is 5.32 Å². The molecule has 0 saturated heterocycles. The molecule has 0 aliphatic heterocycles. The van der Waals surface area contributed by atoms with E-state index in [1.165, 1.54) is 11.1 Å². The molecule has 0 bridgehead atoms. The number of carbonyl (C=O) groups excluding carboxylic acids is 1. The number of hydrogen-bond donors (Lipinski definition) is 1. The van der Waals surface area contributed by atoms with E-state index in [9.17, 15) is 4.79 Å². The maximum Gasteiger partial charge on any atom is 0.251 e. The van der Waals surface area contributed by atoms with E-state index in [0.717, 1.165) is 22.4 Å². The minimum Gasteiger partial charge on any atom is -0.345 e. The van der Waals surface area contributed by atoms with Crippen LogP contribution in [0, 0.1) is 6.92 Å². The quantitative estimate of drug-likeness (QED) is 0.463. The van der Waals surface area contributed by atoms with Gasteiger partial charge in [0.1, 0.15) is 5.82 Å². The molecule has 0 radical (unpaired) electrons. The third-order valence-electron chi connectivity index (χ3n) is 5.62. The SMILES string of the molecule is Cc1ccc(C(=O)NCc2nc3ccccc3n2Cc2ccc(C(C)(C)C)cc2)cc1. The van der Waals surface area contributed by atoms with Crippen LogP contribution in [0.3, 0.4) is 0 Å². The van der Waals surface area contributed by atoms with E-state index in [4.69, 9.17) is 4.98 Å².